The molecule has 24 heavy (non-hydrogen) atoms. The molecule has 0 bridgehead atoms. The highest BCUT2D eigenvalue weighted by Gasteiger charge is 2.33. The Morgan fingerprint density at radius 3 is 2.42 bits per heavy atom. The summed E-state index contributed by atoms with van der Waals surface area (Å²) in [4.78, 5) is 21.4. The van der Waals surface area contributed by atoms with Crippen molar-refractivity contribution in [3.05, 3.63) is 57.5 Å². The molecule has 0 amide bonds. The van der Waals surface area contributed by atoms with Gasteiger partial charge in [0.05, 0.1) is 4.92 Å². The van der Waals surface area contributed by atoms with Crippen molar-refractivity contribution in [3.8, 4) is 0 Å². The molecule has 1 aromatic carbocycles. The van der Waals surface area contributed by atoms with Crippen molar-refractivity contribution in [2.75, 3.05) is 0 Å². The quantitative estimate of drug-likeness (QED) is 0.590. The maximum absolute atomic E-state index is 12.7. The molecule has 10 heteroatoms. The van der Waals surface area contributed by atoms with E-state index in [2.05, 4.69) is 0 Å². The predicted octanol–water partition coefficient (Wildman–Crippen LogP) is 2.32. The predicted molar refractivity (Wildman–Crippen MR) is 87.2 cm³/mol. The SMILES string of the molecule is CC(C(=O)O)N(Cc1ccc([N+](=O)[O-])cc1)S(=O)(=O)c1cccs1. The smallest absolute Gasteiger partial charge is 0.321 e. The third-order valence-corrected chi connectivity index (χ3v) is 6.62. The van der Waals surface area contributed by atoms with Crippen molar-refractivity contribution in [3.63, 3.8) is 0 Å². The third kappa shape index (κ3) is 3.78. The van der Waals surface area contributed by atoms with Gasteiger partial charge >= 0.3 is 5.97 Å². The molecule has 1 N–H and O–H groups in total. The number of hydrogen-bond donors (Lipinski definition) is 1. The molecule has 2 aromatic rings. The fraction of sp³-hybridized carbons (Fsp3) is 0.214. The number of thiophene rings is 1. The summed E-state index contributed by atoms with van der Waals surface area (Å²) in [7, 11) is -3.99. The number of nitro groups is 1. The third-order valence-electron chi connectivity index (χ3n) is 3.33. The average Bonchev–Trinajstić information content (AvgIpc) is 3.07. The molecule has 1 heterocycles. The molecule has 0 aliphatic rings. The number of nitrogens with zero attached hydrogens (tertiary/aromatic N) is 2. The van der Waals surface area contributed by atoms with Crippen LogP contribution < -0.4 is 0 Å². The zero-order valence-electron chi connectivity index (χ0n) is 12.5. The number of non-ortho nitro benzene ring substituents is 1. The van der Waals surface area contributed by atoms with Crippen molar-refractivity contribution < 1.29 is 23.2 Å². The van der Waals surface area contributed by atoms with Crippen molar-refractivity contribution in [1.82, 2.24) is 4.31 Å². The molecule has 2 rings (SSSR count). The second kappa shape index (κ2) is 7.07. The molecule has 0 spiro atoms. The van der Waals surface area contributed by atoms with E-state index in [1.165, 1.54) is 37.3 Å². The van der Waals surface area contributed by atoms with E-state index in [0.717, 1.165) is 15.6 Å². The highest BCUT2D eigenvalue weighted by atomic mass is 32.2. The van der Waals surface area contributed by atoms with Gasteiger partial charge in [0.1, 0.15) is 10.3 Å². The molecule has 8 nitrogen and oxygen atoms in total. The van der Waals surface area contributed by atoms with Gasteiger partial charge in [0, 0.05) is 18.7 Å². The highest BCUT2D eigenvalue weighted by molar-refractivity contribution is 7.91. The standard InChI is InChI=1S/C14H14N2O6S2/c1-10(14(17)18)15(24(21,22)13-3-2-8-23-13)9-11-4-6-12(7-5-11)16(19)20/h2-8,10H,9H2,1H3,(H,17,18). The van der Waals surface area contributed by atoms with Crippen LogP contribution in [0.3, 0.4) is 0 Å². The van der Waals surface area contributed by atoms with Gasteiger partial charge in [0.2, 0.25) is 0 Å². The summed E-state index contributed by atoms with van der Waals surface area (Å²) in [5.74, 6) is -1.28. The van der Waals surface area contributed by atoms with E-state index in [-0.39, 0.29) is 16.4 Å². The van der Waals surface area contributed by atoms with Crippen molar-refractivity contribution >= 4 is 33.0 Å². The van der Waals surface area contributed by atoms with Gasteiger partial charge < -0.3 is 5.11 Å². The Bertz CT molecular complexity index is 831. The summed E-state index contributed by atoms with van der Waals surface area (Å²) in [5.41, 5.74) is 0.325. The van der Waals surface area contributed by atoms with Crippen molar-refractivity contribution in [2.45, 2.75) is 23.7 Å². The first-order chi connectivity index (χ1) is 11.2. The molecule has 0 radical (unpaired) electrons. The lowest BCUT2D eigenvalue weighted by Crippen LogP contribution is -2.42. The number of aliphatic carboxylic acids is 1. The summed E-state index contributed by atoms with van der Waals surface area (Å²) in [6.45, 7) is 1.07. The van der Waals surface area contributed by atoms with E-state index in [1.54, 1.807) is 11.4 Å². The number of rotatable bonds is 7. The second-order valence-electron chi connectivity index (χ2n) is 4.92. The molecule has 0 saturated carbocycles. The molecule has 1 unspecified atom stereocenters. The van der Waals surface area contributed by atoms with Gasteiger partial charge in [-0.05, 0) is 23.9 Å². The lowest BCUT2D eigenvalue weighted by molar-refractivity contribution is -0.384. The normalized spacial score (nSPS) is 12.9. The molecule has 0 aliphatic heterocycles. The van der Waals surface area contributed by atoms with Gasteiger partial charge in [0.25, 0.3) is 15.7 Å². The Kier molecular flexibility index (Phi) is 5.32. The van der Waals surface area contributed by atoms with E-state index >= 15 is 0 Å². The summed E-state index contributed by atoms with van der Waals surface area (Å²) in [5, 5.41) is 21.5. The molecule has 0 aliphatic carbocycles. The first-order valence-corrected chi connectivity index (χ1v) is 9.07. The van der Waals surface area contributed by atoms with E-state index in [1.807, 2.05) is 0 Å². The van der Waals surface area contributed by atoms with Crippen molar-refractivity contribution in [1.29, 1.82) is 0 Å². The van der Waals surface area contributed by atoms with Crippen LogP contribution in [0.15, 0.2) is 46.0 Å². The Hall–Kier alpha value is -2.30. The number of carboxylic acids is 1. The van der Waals surface area contributed by atoms with Crippen molar-refractivity contribution in [2.24, 2.45) is 0 Å². The lowest BCUT2D eigenvalue weighted by Gasteiger charge is -2.25. The maximum Gasteiger partial charge on any atom is 0.321 e. The first kappa shape index (κ1) is 18.0. The van der Waals surface area contributed by atoms with Gasteiger partial charge in [0.15, 0.2) is 0 Å². The zero-order chi connectivity index (χ0) is 17.9. The topological polar surface area (TPSA) is 118 Å². The molecule has 128 valence electrons. The molecule has 0 saturated heterocycles. The first-order valence-electron chi connectivity index (χ1n) is 6.75. The zero-order valence-corrected chi connectivity index (χ0v) is 14.2. The minimum Gasteiger partial charge on any atom is -0.480 e. The largest absolute Gasteiger partial charge is 0.480 e. The van der Waals surface area contributed by atoms with Gasteiger partial charge in [-0.1, -0.05) is 18.2 Å². The number of sulfonamides is 1. The van der Waals surface area contributed by atoms with Crippen LogP contribution in [0.5, 0.6) is 0 Å². The van der Waals surface area contributed by atoms with Crippen LogP contribution in [0, 0.1) is 10.1 Å². The van der Waals surface area contributed by atoms with Gasteiger partial charge in [-0.25, -0.2) is 8.42 Å². The number of hydrogen-bond acceptors (Lipinski definition) is 6. The summed E-state index contributed by atoms with van der Waals surface area (Å²) in [6, 6.07) is 6.98. The van der Waals surface area contributed by atoms with Crippen LogP contribution in [0.25, 0.3) is 0 Å². The number of nitro benzene ring substituents is 1. The fourth-order valence-electron chi connectivity index (χ4n) is 1.98. The van der Waals surface area contributed by atoms with Gasteiger partial charge in [-0.15, -0.1) is 11.3 Å². The van der Waals surface area contributed by atoms with Crippen LogP contribution in [-0.2, 0) is 21.4 Å². The summed E-state index contributed by atoms with van der Waals surface area (Å²) in [6.07, 6.45) is 0. The van der Waals surface area contributed by atoms with Crippen LogP contribution in [-0.4, -0.2) is 34.8 Å². The number of benzene rings is 1. The fourth-order valence-corrected chi connectivity index (χ4v) is 4.68. The summed E-state index contributed by atoms with van der Waals surface area (Å²) < 4.78 is 26.3. The Balaban J connectivity index is 2.37. The van der Waals surface area contributed by atoms with Gasteiger partial charge in [-0.3, -0.25) is 14.9 Å². The van der Waals surface area contributed by atoms with E-state index in [9.17, 15) is 28.4 Å². The van der Waals surface area contributed by atoms with E-state index < -0.39 is 27.0 Å². The molecule has 0 fully saturated rings. The molecule has 1 aromatic heterocycles. The molecular formula is C14H14N2O6S2. The average molecular weight is 370 g/mol. The summed E-state index contributed by atoms with van der Waals surface area (Å²) >= 11 is 0.992. The van der Waals surface area contributed by atoms with E-state index in [0.29, 0.717) is 5.56 Å². The Morgan fingerprint density at radius 1 is 1.33 bits per heavy atom. The molecular weight excluding hydrogens is 356 g/mol. The van der Waals surface area contributed by atoms with E-state index in [4.69, 9.17) is 0 Å². The van der Waals surface area contributed by atoms with Gasteiger partial charge in [-0.2, -0.15) is 4.31 Å². The van der Waals surface area contributed by atoms with Crippen LogP contribution in [0.4, 0.5) is 5.69 Å². The Labute approximate surface area is 142 Å². The monoisotopic (exact) mass is 370 g/mol. The number of carboxylic acid groups (broad SMARTS) is 1. The minimum absolute atomic E-state index is 0.0394. The lowest BCUT2D eigenvalue weighted by atomic mass is 10.2. The number of carbonyl (C=O) groups is 1. The van der Waals surface area contributed by atoms with Crippen LogP contribution in [0.1, 0.15) is 12.5 Å². The Morgan fingerprint density at radius 2 is 1.96 bits per heavy atom. The maximum atomic E-state index is 12.7. The highest BCUT2D eigenvalue weighted by Crippen LogP contribution is 2.25. The van der Waals surface area contributed by atoms with Crippen LogP contribution >= 0.6 is 11.3 Å². The molecule has 1 atom stereocenters. The minimum atomic E-state index is -3.99. The second-order valence-corrected chi connectivity index (χ2v) is 7.99. The van der Waals surface area contributed by atoms with Crippen LogP contribution in [0.2, 0.25) is 0 Å².